The molecule has 206 valence electrons. The van der Waals surface area contributed by atoms with E-state index in [0.29, 0.717) is 17.7 Å². The Kier molecular flexibility index (Phi) is 11.9. The predicted octanol–water partition coefficient (Wildman–Crippen LogP) is 2.48. The summed E-state index contributed by atoms with van der Waals surface area (Å²) in [5, 5.41) is 8.97. The van der Waals surface area contributed by atoms with Gasteiger partial charge in [0.1, 0.15) is 12.8 Å². The Morgan fingerprint density at radius 3 is 2.42 bits per heavy atom. The lowest BCUT2D eigenvalue weighted by Gasteiger charge is -2.16. The summed E-state index contributed by atoms with van der Waals surface area (Å²) in [4.78, 5) is 44.4. The van der Waals surface area contributed by atoms with Gasteiger partial charge in [0, 0.05) is 18.4 Å². The summed E-state index contributed by atoms with van der Waals surface area (Å²) < 4.78 is 3.07. The standard InChI is InChI=1S/C22H26N6O3.C6H15N/c1-16-12-25-21(23-9-8-18-6-4-3-5-7-18)22(31)28(16)14-20(30)24-13-19-17(2)26-15-27(19)10-11-29;1-6(2,3)5-7-4/h3-7,11-12,15H,8-10,13-14H2,1-2H3,(H,23,25)(H,24,30);7H,5H2,1-4H3. The van der Waals surface area contributed by atoms with Gasteiger partial charge in [0.25, 0.3) is 5.56 Å². The molecule has 0 aliphatic carbocycles. The Morgan fingerprint density at radius 1 is 1.11 bits per heavy atom. The zero-order valence-corrected chi connectivity index (χ0v) is 23.4. The number of hydrogen-bond donors (Lipinski definition) is 3. The minimum atomic E-state index is -0.342. The van der Waals surface area contributed by atoms with Crippen LogP contribution in [0.1, 0.15) is 43.4 Å². The van der Waals surface area contributed by atoms with E-state index in [4.69, 9.17) is 0 Å². The second-order valence-electron chi connectivity index (χ2n) is 10.3. The summed E-state index contributed by atoms with van der Waals surface area (Å²) in [7, 11) is 1.98. The van der Waals surface area contributed by atoms with E-state index in [0.717, 1.165) is 36.2 Å². The van der Waals surface area contributed by atoms with Gasteiger partial charge in [-0.05, 0) is 44.8 Å². The Balaban J connectivity index is 0.000000638. The van der Waals surface area contributed by atoms with Gasteiger partial charge < -0.3 is 25.3 Å². The molecule has 1 aromatic carbocycles. The predicted molar refractivity (Wildman–Crippen MR) is 150 cm³/mol. The summed E-state index contributed by atoms with van der Waals surface area (Å²) in [6, 6.07) is 9.95. The molecule has 2 aromatic heterocycles. The normalized spacial score (nSPS) is 10.9. The molecule has 0 fully saturated rings. The Morgan fingerprint density at radius 2 is 1.82 bits per heavy atom. The van der Waals surface area contributed by atoms with E-state index < -0.39 is 0 Å². The Bertz CT molecular complexity index is 1230. The second-order valence-corrected chi connectivity index (χ2v) is 10.3. The highest BCUT2D eigenvalue weighted by Crippen LogP contribution is 2.09. The van der Waals surface area contributed by atoms with Gasteiger partial charge in [0.05, 0.1) is 30.8 Å². The maximum atomic E-state index is 12.8. The van der Waals surface area contributed by atoms with Crippen LogP contribution in [0.4, 0.5) is 5.82 Å². The third-order valence-corrected chi connectivity index (χ3v) is 5.69. The molecule has 3 rings (SSSR count). The van der Waals surface area contributed by atoms with Gasteiger partial charge in [0.15, 0.2) is 5.82 Å². The van der Waals surface area contributed by atoms with Gasteiger partial charge in [0.2, 0.25) is 5.91 Å². The van der Waals surface area contributed by atoms with Gasteiger partial charge in [-0.2, -0.15) is 0 Å². The van der Waals surface area contributed by atoms with E-state index in [9.17, 15) is 14.4 Å². The molecule has 0 aliphatic heterocycles. The van der Waals surface area contributed by atoms with Gasteiger partial charge in [-0.3, -0.25) is 14.2 Å². The molecule has 10 nitrogen and oxygen atoms in total. The molecular formula is C28H41N7O3. The molecule has 1 amide bonds. The van der Waals surface area contributed by atoms with Crippen molar-refractivity contribution in [2.45, 2.75) is 60.7 Å². The van der Waals surface area contributed by atoms with E-state index in [1.165, 1.54) is 4.57 Å². The summed E-state index contributed by atoms with van der Waals surface area (Å²) in [5.41, 5.74) is 3.34. The molecule has 0 saturated carbocycles. The molecule has 38 heavy (non-hydrogen) atoms. The number of carbonyl (C=O) groups is 2. The third-order valence-electron chi connectivity index (χ3n) is 5.69. The highest BCUT2D eigenvalue weighted by Gasteiger charge is 2.13. The van der Waals surface area contributed by atoms with Crippen molar-refractivity contribution in [3.05, 3.63) is 75.9 Å². The van der Waals surface area contributed by atoms with Crippen LogP contribution in [0.25, 0.3) is 0 Å². The van der Waals surface area contributed by atoms with Crippen LogP contribution in [0, 0.1) is 19.3 Å². The minimum absolute atomic E-state index is 0.124. The van der Waals surface area contributed by atoms with E-state index in [2.05, 4.69) is 46.7 Å². The highest BCUT2D eigenvalue weighted by atomic mass is 16.2. The molecule has 3 aromatic rings. The fraction of sp³-hybridized carbons (Fsp3) is 0.464. The zero-order chi connectivity index (χ0) is 28.1. The average molecular weight is 524 g/mol. The van der Waals surface area contributed by atoms with Crippen LogP contribution in [0.2, 0.25) is 0 Å². The lowest BCUT2D eigenvalue weighted by Crippen LogP contribution is -2.35. The third kappa shape index (κ3) is 9.93. The van der Waals surface area contributed by atoms with Gasteiger partial charge >= 0.3 is 0 Å². The van der Waals surface area contributed by atoms with Crippen LogP contribution in [-0.4, -0.2) is 51.4 Å². The van der Waals surface area contributed by atoms with E-state index in [1.807, 2.05) is 44.3 Å². The first kappa shape index (κ1) is 30.4. The molecule has 0 atom stereocenters. The number of anilines is 1. The van der Waals surface area contributed by atoms with Crippen LogP contribution in [-0.2, 0) is 35.6 Å². The van der Waals surface area contributed by atoms with E-state index in [1.54, 1.807) is 24.0 Å². The minimum Gasteiger partial charge on any atom is -0.365 e. The molecule has 10 heteroatoms. The van der Waals surface area contributed by atoms with Crippen molar-refractivity contribution in [1.29, 1.82) is 0 Å². The van der Waals surface area contributed by atoms with Gasteiger partial charge in [-0.1, -0.05) is 51.1 Å². The molecule has 0 bridgehead atoms. The molecule has 3 N–H and O–H groups in total. The molecule has 0 radical (unpaired) electrons. The van der Waals surface area contributed by atoms with Crippen LogP contribution in [0.5, 0.6) is 0 Å². The van der Waals surface area contributed by atoms with E-state index >= 15 is 0 Å². The number of amides is 1. The zero-order valence-electron chi connectivity index (χ0n) is 23.4. The summed E-state index contributed by atoms with van der Waals surface area (Å²) >= 11 is 0. The summed E-state index contributed by atoms with van der Waals surface area (Å²) in [6.07, 6.45) is 4.67. The highest BCUT2D eigenvalue weighted by molar-refractivity contribution is 5.75. The molecule has 0 unspecified atom stereocenters. The number of imidazole rings is 1. The average Bonchev–Trinajstić information content (AvgIpc) is 3.21. The van der Waals surface area contributed by atoms with E-state index in [-0.39, 0.29) is 36.9 Å². The first-order valence-corrected chi connectivity index (χ1v) is 12.8. The van der Waals surface area contributed by atoms with Crippen LogP contribution in [0.3, 0.4) is 0 Å². The fourth-order valence-electron chi connectivity index (χ4n) is 3.75. The topological polar surface area (TPSA) is 123 Å². The second kappa shape index (κ2) is 14.8. The van der Waals surface area contributed by atoms with Crippen molar-refractivity contribution < 1.29 is 9.59 Å². The number of hydrogen-bond acceptors (Lipinski definition) is 7. The molecule has 0 saturated heterocycles. The monoisotopic (exact) mass is 523 g/mol. The number of aldehydes is 1. The largest absolute Gasteiger partial charge is 0.365 e. The van der Waals surface area contributed by atoms with Crippen molar-refractivity contribution in [3.63, 3.8) is 0 Å². The quantitative estimate of drug-likeness (QED) is 0.330. The molecule has 2 heterocycles. The van der Waals surface area contributed by atoms with Crippen molar-refractivity contribution in [3.8, 4) is 0 Å². The van der Waals surface area contributed by atoms with Crippen molar-refractivity contribution in [2.24, 2.45) is 5.41 Å². The van der Waals surface area contributed by atoms with Crippen molar-refractivity contribution >= 4 is 18.0 Å². The first-order valence-electron chi connectivity index (χ1n) is 12.8. The van der Waals surface area contributed by atoms with Crippen LogP contribution in [0.15, 0.2) is 47.7 Å². The van der Waals surface area contributed by atoms with Crippen molar-refractivity contribution in [1.82, 2.24) is 29.7 Å². The van der Waals surface area contributed by atoms with Crippen molar-refractivity contribution in [2.75, 3.05) is 25.5 Å². The summed E-state index contributed by atoms with van der Waals surface area (Å²) in [5.74, 6) is -0.0980. The fourth-order valence-corrected chi connectivity index (χ4v) is 3.75. The number of aryl methyl sites for hydroxylation is 2. The smallest absolute Gasteiger partial charge is 0.293 e. The Hall–Kier alpha value is -3.79. The molecular weight excluding hydrogens is 482 g/mol. The van der Waals surface area contributed by atoms with Gasteiger partial charge in [-0.15, -0.1) is 0 Å². The van der Waals surface area contributed by atoms with Crippen LogP contribution >= 0.6 is 0 Å². The lowest BCUT2D eigenvalue weighted by atomic mass is 9.97. The SMILES string of the molecule is CNCC(C)(C)C.Cc1ncn(CC=O)c1CNC(=O)Cn1c(C)cnc(NCCc2ccccc2)c1=O. The molecule has 0 aliphatic rings. The number of carbonyl (C=O) groups excluding carboxylic acids is 2. The first-order chi connectivity index (χ1) is 18.1. The summed E-state index contributed by atoms with van der Waals surface area (Å²) in [6.45, 7) is 12.1. The number of benzene rings is 1. The number of nitrogens with one attached hydrogen (secondary N) is 3. The number of rotatable bonds is 11. The Labute approximate surface area is 224 Å². The number of aromatic nitrogens is 4. The maximum Gasteiger partial charge on any atom is 0.293 e. The molecule has 0 spiro atoms. The number of nitrogens with zero attached hydrogens (tertiary/aromatic N) is 4. The maximum absolute atomic E-state index is 12.8. The van der Waals surface area contributed by atoms with Crippen LogP contribution < -0.4 is 21.5 Å². The lowest BCUT2D eigenvalue weighted by molar-refractivity contribution is -0.121. The van der Waals surface area contributed by atoms with Gasteiger partial charge in [-0.25, -0.2) is 9.97 Å².